The Morgan fingerprint density at radius 2 is 1.43 bits per heavy atom. The van der Waals surface area contributed by atoms with Gasteiger partial charge in [-0.1, -0.05) is 82.1 Å². The Hall–Kier alpha value is -1.46. The highest BCUT2D eigenvalue weighted by Crippen LogP contribution is 2.20. The summed E-state index contributed by atoms with van der Waals surface area (Å²) in [5.41, 5.74) is 2.08. The van der Waals surface area contributed by atoms with Crippen molar-refractivity contribution in [2.24, 2.45) is 0 Å². The SMILES string of the molecule is CCCCCCCC/C=C1\CCCCCCCC1=O.Cc1ccc(S(=O)(=O)[O-])cc1. The summed E-state index contributed by atoms with van der Waals surface area (Å²) >= 11 is 0. The van der Waals surface area contributed by atoms with Gasteiger partial charge in [0.05, 0.1) is 4.90 Å². The van der Waals surface area contributed by atoms with Crippen LogP contribution in [-0.2, 0) is 14.9 Å². The zero-order valence-electron chi connectivity index (χ0n) is 18.8. The molecule has 0 heterocycles. The van der Waals surface area contributed by atoms with Gasteiger partial charge in [0.1, 0.15) is 10.1 Å². The van der Waals surface area contributed by atoms with Gasteiger partial charge in [0.15, 0.2) is 5.78 Å². The first-order valence-electron chi connectivity index (χ1n) is 11.6. The fourth-order valence-electron chi connectivity index (χ4n) is 3.55. The maximum atomic E-state index is 12.1. The Morgan fingerprint density at radius 1 is 0.867 bits per heavy atom. The molecule has 0 spiro atoms. The predicted molar refractivity (Wildman–Crippen MR) is 123 cm³/mol. The van der Waals surface area contributed by atoms with Crippen LogP contribution in [0.2, 0.25) is 0 Å². The van der Waals surface area contributed by atoms with Gasteiger partial charge in [-0.2, -0.15) is 0 Å². The van der Waals surface area contributed by atoms with Crippen molar-refractivity contribution in [3.05, 3.63) is 41.5 Å². The van der Waals surface area contributed by atoms with Crippen molar-refractivity contribution in [3.63, 3.8) is 0 Å². The number of carbonyl (C=O) groups excluding carboxylic acids is 1. The van der Waals surface area contributed by atoms with Gasteiger partial charge >= 0.3 is 0 Å². The number of allylic oxidation sites excluding steroid dienone is 2. The summed E-state index contributed by atoms with van der Waals surface area (Å²) in [6, 6.07) is 5.78. The monoisotopic (exact) mass is 435 g/mol. The second-order valence-electron chi connectivity index (χ2n) is 8.24. The molecule has 0 radical (unpaired) electrons. The zero-order chi connectivity index (χ0) is 22.2. The number of ketones is 1. The van der Waals surface area contributed by atoms with Crippen molar-refractivity contribution < 1.29 is 17.8 Å². The molecule has 1 saturated carbocycles. The molecule has 4 nitrogen and oxygen atoms in total. The summed E-state index contributed by atoms with van der Waals surface area (Å²) in [4.78, 5) is 11.9. The van der Waals surface area contributed by atoms with Crippen LogP contribution in [0.25, 0.3) is 0 Å². The lowest BCUT2D eigenvalue weighted by Gasteiger charge is -2.05. The number of hydrogen-bond donors (Lipinski definition) is 0. The average molecular weight is 436 g/mol. The molecule has 0 bridgehead atoms. The van der Waals surface area contributed by atoms with Crippen LogP contribution in [0.15, 0.2) is 40.8 Å². The molecule has 5 heteroatoms. The van der Waals surface area contributed by atoms with Crippen molar-refractivity contribution in [1.29, 1.82) is 0 Å². The lowest BCUT2D eigenvalue weighted by atomic mass is 10.00. The highest BCUT2D eigenvalue weighted by atomic mass is 32.2. The maximum Gasteiger partial charge on any atom is 0.158 e. The average Bonchev–Trinajstić information content (AvgIpc) is 2.80. The fraction of sp³-hybridized carbons (Fsp3) is 0.640. The molecule has 0 amide bonds. The Bertz CT molecular complexity index is 733. The molecular weight excluding hydrogens is 396 g/mol. The van der Waals surface area contributed by atoms with E-state index in [-0.39, 0.29) is 4.90 Å². The number of carbonyl (C=O) groups is 1. The van der Waals surface area contributed by atoms with Crippen LogP contribution in [0.5, 0.6) is 0 Å². The van der Waals surface area contributed by atoms with Gasteiger partial charge in [-0.15, -0.1) is 0 Å². The molecule has 1 aromatic rings. The van der Waals surface area contributed by atoms with E-state index in [0.717, 1.165) is 36.8 Å². The normalized spacial score (nSPS) is 16.9. The van der Waals surface area contributed by atoms with Gasteiger partial charge in [-0.25, -0.2) is 8.42 Å². The minimum Gasteiger partial charge on any atom is -0.744 e. The third kappa shape index (κ3) is 12.3. The van der Waals surface area contributed by atoms with E-state index in [0.29, 0.717) is 5.78 Å². The van der Waals surface area contributed by atoms with E-state index in [1.807, 2.05) is 6.92 Å². The first kappa shape index (κ1) is 26.6. The molecule has 1 aromatic carbocycles. The van der Waals surface area contributed by atoms with Gasteiger partial charge in [0, 0.05) is 6.42 Å². The lowest BCUT2D eigenvalue weighted by molar-refractivity contribution is -0.115. The van der Waals surface area contributed by atoms with Crippen molar-refractivity contribution in [3.8, 4) is 0 Å². The fourth-order valence-corrected chi connectivity index (χ4v) is 4.02. The van der Waals surface area contributed by atoms with Gasteiger partial charge in [0.25, 0.3) is 0 Å². The van der Waals surface area contributed by atoms with E-state index in [2.05, 4.69) is 13.0 Å². The molecule has 1 fully saturated rings. The van der Waals surface area contributed by atoms with E-state index in [9.17, 15) is 17.8 Å². The topological polar surface area (TPSA) is 74.3 Å². The molecule has 0 atom stereocenters. The van der Waals surface area contributed by atoms with Crippen LogP contribution in [0, 0.1) is 6.92 Å². The molecule has 0 aliphatic heterocycles. The van der Waals surface area contributed by atoms with Crippen molar-refractivity contribution in [2.75, 3.05) is 0 Å². The number of hydrogen-bond acceptors (Lipinski definition) is 4. The molecule has 2 rings (SSSR count). The maximum absolute atomic E-state index is 12.1. The van der Waals surface area contributed by atoms with E-state index in [1.165, 1.54) is 76.3 Å². The minimum absolute atomic E-state index is 0.178. The van der Waals surface area contributed by atoms with E-state index < -0.39 is 10.1 Å². The van der Waals surface area contributed by atoms with Gasteiger partial charge in [-0.3, -0.25) is 4.79 Å². The molecule has 170 valence electrons. The summed E-state index contributed by atoms with van der Waals surface area (Å²) in [5, 5.41) is 0. The van der Waals surface area contributed by atoms with Crippen LogP contribution in [0.4, 0.5) is 0 Å². The van der Waals surface area contributed by atoms with E-state index in [4.69, 9.17) is 0 Å². The Balaban J connectivity index is 0.000000346. The summed E-state index contributed by atoms with van der Waals surface area (Å²) in [6.07, 6.45) is 19.4. The molecule has 1 aliphatic carbocycles. The van der Waals surface area contributed by atoms with Gasteiger partial charge < -0.3 is 4.55 Å². The third-order valence-corrected chi connectivity index (χ3v) is 6.32. The van der Waals surface area contributed by atoms with Crippen molar-refractivity contribution >= 4 is 15.9 Å². The second kappa shape index (κ2) is 15.4. The van der Waals surface area contributed by atoms with E-state index in [1.54, 1.807) is 12.1 Å². The van der Waals surface area contributed by atoms with Crippen molar-refractivity contribution in [2.45, 2.75) is 109 Å². The van der Waals surface area contributed by atoms with Crippen molar-refractivity contribution in [1.82, 2.24) is 0 Å². The Morgan fingerprint density at radius 3 is 2.07 bits per heavy atom. The van der Waals surface area contributed by atoms with Gasteiger partial charge in [-0.05, 0) is 56.7 Å². The molecule has 0 unspecified atom stereocenters. The lowest BCUT2D eigenvalue weighted by Crippen LogP contribution is -2.02. The number of aryl methyl sites for hydroxylation is 1. The van der Waals surface area contributed by atoms with Crippen LogP contribution >= 0.6 is 0 Å². The first-order valence-corrected chi connectivity index (χ1v) is 13.0. The Kier molecular flexibility index (Phi) is 13.6. The van der Waals surface area contributed by atoms with Crippen LogP contribution in [0.3, 0.4) is 0 Å². The van der Waals surface area contributed by atoms with Crippen LogP contribution in [-0.4, -0.2) is 18.8 Å². The van der Waals surface area contributed by atoms with Gasteiger partial charge in [0.2, 0.25) is 0 Å². The second-order valence-corrected chi connectivity index (χ2v) is 9.62. The molecule has 1 aliphatic rings. The minimum atomic E-state index is -4.27. The zero-order valence-corrected chi connectivity index (χ0v) is 19.6. The molecular formula is C25H39O4S-. The van der Waals surface area contributed by atoms with Crippen LogP contribution in [0.1, 0.15) is 102 Å². The summed E-state index contributed by atoms with van der Waals surface area (Å²) in [6.45, 7) is 4.08. The molecule has 0 N–H and O–H groups in total. The third-order valence-electron chi connectivity index (χ3n) is 5.47. The first-order chi connectivity index (χ1) is 14.3. The summed E-state index contributed by atoms with van der Waals surface area (Å²) < 4.78 is 31.2. The highest BCUT2D eigenvalue weighted by molar-refractivity contribution is 7.85. The largest absolute Gasteiger partial charge is 0.744 e. The quantitative estimate of drug-likeness (QED) is 0.253. The number of Topliss-reactive ketones (excluding diaryl/α,β-unsaturated/α-hetero) is 1. The molecule has 30 heavy (non-hydrogen) atoms. The standard InChI is InChI=1S/C18H32O.C7H8O3S/c1-2-3-4-5-6-8-11-14-17-15-12-9-7-10-13-16-18(17)19;1-6-2-4-7(5-3-6)11(8,9)10/h14H,2-13,15-16H2,1H3;2-5H,1H3,(H,8,9,10)/p-1/b17-14+;. The van der Waals surface area contributed by atoms with Crippen LogP contribution < -0.4 is 0 Å². The van der Waals surface area contributed by atoms with E-state index >= 15 is 0 Å². The smallest absolute Gasteiger partial charge is 0.158 e. The molecule has 0 aromatic heterocycles. The number of unbranched alkanes of at least 4 members (excludes halogenated alkanes) is 6. The Labute approximate surface area is 183 Å². The molecule has 0 saturated heterocycles. The number of rotatable bonds is 8. The summed E-state index contributed by atoms with van der Waals surface area (Å²) in [7, 11) is -4.27. The number of benzene rings is 1. The predicted octanol–water partition coefficient (Wildman–Crippen LogP) is 6.88. The highest BCUT2D eigenvalue weighted by Gasteiger charge is 2.10. The summed E-state index contributed by atoms with van der Waals surface area (Å²) in [5.74, 6) is 0.438.